The summed E-state index contributed by atoms with van der Waals surface area (Å²) < 4.78 is 0.892. The highest BCUT2D eigenvalue weighted by Gasteiger charge is 2.30. The van der Waals surface area contributed by atoms with Crippen molar-refractivity contribution in [3.05, 3.63) is 56.2 Å². The van der Waals surface area contributed by atoms with E-state index in [1.54, 1.807) is 11.3 Å². The Hall–Kier alpha value is -1.86. The predicted molar refractivity (Wildman–Crippen MR) is 102 cm³/mol. The zero-order chi connectivity index (χ0) is 18.0. The first-order valence-electron chi connectivity index (χ1n) is 8.13. The highest BCUT2D eigenvalue weighted by atomic mass is 79.9. The van der Waals surface area contributed by atoms with Gasteiger partial charge in [0.1, 0.15) is 0 Å². The van der Waals surface area contributed by atoms with Crippen molar-refractivity contribution in [2.75, 3.05) is 6.54 Å². The molecule has 3 rings (SSSR count). The molecule has 0 saturated carbocycles. The van der Waals surface area contributed by atoms with E-state index in [0.717, 1.165) is 16.5 Å². The van der Waals surface area contributed by atoms with Crippen LogP contribution in [0.15, 0.2) is 40.2 Å². The molecule has 0 saturated heterocycles. The number of nitrogens with one attached hydrogen (secondary N) is 1. The van der Waals surface area contributed by atoms with E-state index in [4.69, 9.17) is 5.73 Å². The number of fused-ring (bicyclic) bond motifs is 1. The third-order valence-corrected chi connectivity index (χ3v) is 6.03. The van der Waals surface area contributed by atoms with Gasteiger partial charge in [-0.1, -0.05) is 28.1 Å². The van der Waals surface area contributed by atoms with Gasteiger partial charge in [-0.25, -0.2) is 4.79 Å². The second kappa shape index (κ2) is 7.58. The van der Waals surface area contributed by atoms with E-state index in [9.17, 15) is 9.59 Å². The van der Waals surface area contributed by atoms with E-state index < -0.39 is 12.1 Å². The number of nitrogens with zero attached hydrogens (tertiary/aromatic N) is 1. The monoisotopic (exact) mass is 421 g/mol. The lowest BCUT2D eigenvalue weighted by molar-refractivity contribution is -0.134. The molecule has 5 nitrogen and oxygen atoms in total. The molecule has 3 N–H and O–H groups in total. The van der Waals surface area contributed by atoms with Gasteiger partial charge in [0, 0.05) is 15.9 Å². The number of hydrogen-bond acceptors (Lipinski definition) is 3. The third-order valence-electron chi connectivity index (χ3n) is 4.54. The standard InChI is InChI=1S/C18H20BrN3O2S/c1-11-14-6-8-25-16(14)5-7-22(11)17(23)10-15(21-18(20)24)12-3-2-4-13(19)9-12/h2-4,6,8-9,11,15H,5,7,10H2,1H3,(H3,20,21,24)/t11-,15-/m0/s1. The molecule has 2 aromatic rings. The minimum Gasteiger partial charge on any atom is -0.352 e. The van der Waals surface area contributed by atoms with Gasteiger partial charge in [-0.15, -0.1) is 11.3 Å². The van der Waals surface area contributed by atoms with Crippen LogP contribution in [0.5, 0.6) is 0 Å². The quantitative estimate of drug-likeness (QED) is 0.788. The fraction of sp³-hybridized carbons (Fsp3) is 0.333. The summed E-state index contributed by atoms with van der Waals surface area (Å²) in [7, 11) is 0. The summed E-state index contributed by atoms with van der Waals surface area (Å²) in [5.41, 5.74) is 7.39. The Bertz CT molecular complexity index is 792. The summed E-state index contributed by atoms with van der Waals surface area (Å²) in [6.45, 7) is 2.76. The Morgan fingerprint density at radius 3 is 2.96 bits per heavy atom. The predicted octanol–water partition coefficient (Wildman–Crippen LogP) is 3.76. The number of halogens is 1. The number of rotatable bonds is 4. The highest BCUT2D eigenvalue weighted by Crippen LogP contribution is 2.34. The van der Waals surface area contributed by atoms with E-state index in [2.05, 4.69) is 39.6 Å². The zero-order valence-electron chi connectivity index (χ0n) is 13.9. The van der Waals surface area contributed by atoms with Crippen LogP contribution in [-0.2, 0) is 11.2 Å². The summed E-state index contributed by atoms with van der Waals surface area (Å²) in [5, 5.41) is 4.77. The first-order valence-corrected chi connectivity index (χ1v) is 9.80. The molecule has 0 radical (unpaired) electrons. The fourth-order valence-electron chi connectivity index (χ4n) is 3.29. The topological polar surface area (TPSA) is 75.4 Å². The smallest absolute Gasteiger partial charge is 0.312 e. The lowest BCUT2D eigenvalue weighted by atomic mass is 9.98. The molecule has 0 unspecified atom stereocenters. The number of carbonyl (C=O) groups is 2. The average Bonchev–Trinajstić information content (AvgIpc) is 3.03. The molecule has 1 aliphatic heterocycles. The second-order valence-corrected chi connectivity index (χ2v) is 8.05. The first kappa shape index (κ1) is 17.9. The molecule has 132 valence electrons. The summed E-state index contributed by atoms with van der Waals surface area (Å²) in [6, 6.07) is 8.62. The summed E-state index contributed by atoms with van der Waals surface area (Å²) in [5.74, 6) is 0.0167. The number of primary amides is 1. The molecule has 0 spiro atoms. The maximum atomic E-state index is 12.9. The van der Waals surface area contributed by atoms with E-state index in [1.807, 2.05) is 29.2 Å². The molecule has 0 aliphatic carbocycles. The molecular weight excluding hydrogens is 402 g/mol. The van der Waals surface area contributed by atoms with Crippen LogP contribution in [0.2, 0.25) is 0 Å². The Morgan fingerprint density at radius 1 is 1.44 bits per heavy atom. The van der Waals surface area contributed by atoms with E-state index in [-0.39, 0.29) is 18.4 Å². The number of hydrogen-bond donors (Lipinski definition) is 2. The molecule has 2 atom stereocenters. The Kier molecular flexibility index (Phi) is 5.44. The van der Waals surface area contributed by atoms with E-state index >= 15 is 0 Å². The average molecular weight is 422 g/mol. The molecule has 1 aromatic heterocycles. The normalized spacial score (nSPS) is 17.7. The van der Waals surface area contributed by atoms with E-state index in [0.29, 0.717) is 6.54 Å². The van der Waals surface area contributed by atoms with Crippen LogP contribution in [0.1, 0.15) is 41.4 Å². The van der Waals surface area contributed by atoms with Gasteiger partial charge in [-0.3, -0.25) is 4.79 Å². The molecule has 25 heavy (non-hydrogen) atoms. The van der Waals surface area contributed by atoms with Crippen LogP contribution >= 0.6 is 27.3 Å². The van der Waals surface area contributed by atoms with Crippen molar-refractivity contribution < 1.29 is 9.59 Å². The molecule has 7 heteroatoms. The van der Waals surface area contributed by atoms with Crippen molar-refractivity contribution in [3.63, 3.8) is 0 Å². The summed E-state index contributed by atoms with van der Waals surface area (Å²) >= 11 is 5.17. The Balaban J connectivity index is 1.77. The van der Waals surface area contributed by atoms with Gasteiger partial charge in [0.05, 0.1) is 18.5 Å². The maximum absolute atomic E-state index is 12.9. The van der Waals surface area contributed by atoms with Crippen LogP contribution in [0.25, 0.3) is 0 Å². The highest BCUT2D eigenvalue weighted by molar-refractivity contribution is 9.10. The summed E-state index contributed by atoms with van der Waals surface area (Å²) in [6.07, 6.45) is 1.07. The first-order chi connectivity index (χ1) is 12.0. The molecule has 0 fully saturated rings. The molecule has 2 heterocycles. The number of nitrogens with two attached hydrogens (primary N) is 1. The maximum Gasteiger partial charge on any atom is 0.312 e. The number of urea groups is 1. The lowest BCUT2D eigenvalue weighted by Crippen LogP contribution is -2.41. The number of benzene rings is 1. The Labute approximate surface area is 159 Å². The molecule has 3 amide bonds. The third kappa shape index (κ3) is 4.04. The van der Waals surface area contributed by atoms with Crippen LogP contribution in [0.4, 0.5) is 4.79 Å². The summed E-state index contributed by atoms with van der Waals surface area (Å²) in [4.78, 5) is 27.6. The van der Waals surface area contributed by atoms with Gasteiger partial charge < -0.3 is 16.0 Å². The van der Waals surface area contributed by atoms with Gasteiger partial charge in [0.15, 0.2) is 0 Å². The number of carbonyl (C=O) groups excluding carboxylic acids is 2. The van der Waals surface area contributed by atoms with E-state index in [1.165, 1.54) is 10.4 Å². The van der Waals surface area contributed by atoms with Crippen molar-refractivity contribution in [1.82, 2.24) is 10.2 Å². The van der Waals surface area contributed by atoms with Gasteiger partial charge >= 0.3 is 6.03 Å². The minimum absolute atomic E-state index is 0.0167. The molecule has 0 bridgehead atoms. The van der Waals surface area contributed by atoms with Crippen molar-refractivity contribution in [3.8, 4) is 0 Å². The lowest BCUT2D eigenvalue weighted by Gasteiger charge is -2.34. The van der Waals surface area contributed by atoms with Crippen LogP contribution < -0.4 is 11.1 Å². The number of thiophene rings is 1. The van der Waals surface area contributed by atoms with Crippen LogP contribution in [0, 0.1) is 0 Å². The Morgan fingerprint density at radius 2 is 2.24 bits per heavy atom. The number of amides is 3. The minimum atomic E-state index is -0.635. The van der Waals surface area contributed by atoms with Gasteiger partial charge in [0.25, 0.3) is 0 Å². The molecule has 1 aliphatic rings. The van der Waals surface area contributed by atoms with Crippen molar-refractivity contribution in [1.29, 1.82) is 0 Å². The SMILES string of the molecule is C[C@H]1c2ccsc2CCN1C(=O)C[C@H](NC(N)=O)c1cccc(Br)c1. The van der Waals surface area contributed by atoms with Crippen molar-refractivity contribution >= 4 is 39.2 Å². The largest absolute Gasteiger partial charge is 0.352 e. The van der Waals surface area contributed by atoms with Crippen LogP contribution in [0.3, 0.4) is 0 Å². The van der Waals surface area contributed by atoms with Crippen molar-refractivity contribution in [2.45, 2.75) is 31.8 Å². The van der Waals surface area contributed by atoms with Gasteiger partial charge in [-0.05, 0) is 48.1 Å². The molecule has 1 aromatic carbocycles. The molecular formula is C18H20BrN3O2S. The van der Waals surface area contributed by atoms with Crippen molar-refractivity contribution in [2.24, 2.45) is 5.73 Å². The fourth-order valence-corrected chi connectivity index (χ4v) is 4.67. The van der Waals surface area contributed by atoms with Gasteiger partial charge in [-0.2, -0.15) is 0 Å². The second-order valence-electron chi connectivity index (χ2n) is 6.13. The van der Waals surface area contributed by atoms with Gasteiger partial charge in [0.2, 0.25) is 5.91 Å². The zero-order valence-corrected chi connectivity index (χ0v) is 16.3. The van der Waals surface area contributed by atoms with Crippen LogP contribution in [-0.4, -0.2) is 23.4 Å².